The molecule has 0 spiro atoms. The Hall–Kier alpha value is -1.79. The molecule has 1 saturated heterocycles. The molecule has 0 bridgehead atoms. The molecule has 1 fully saturated rings. The average Bonchev–Trinajstić information content (AvgIpc) is 2.70. The van der Waals surface area contributed by atoms with Gasteiger partial charge in [0, 0.05) is 48.5 Å². The highest BCUT2D eigenvalue weighted by Crippen LogP contribution is 2.16. The van der Waals surface area contributed by atoms with Gasteiger partial charge in [-0.05, 0) is 48.4 Å². The molecule has 1 N–H and O–H groups in total. The van der Waals surface area contributed by atoms with Crippen molar-refractivity contribution in [1.29, 1.82) is 0 Å². The normalized spacial score (nSPS) is 14.6. The molecule has 28 heavy (non-hydrogen) atoms. The van der Waals surface area contributed by atoms with Crippen molar-refractivity contribution in [3.05, 3.63) is 64.1 Å². The van der Waals surface area contributed by atoms with E-state index in [1.165, 1.54) is 0 Å². The number of halogens is 2. The molecule has 0 radical (unpaired) electrons. The number of urea groups is 1. The van der Waals surface area contributed by atoms with Crippen LogP contribution >= 0.6 is 23.2 Å². The van der Waals surface area contributed by atoms with Crippen LogP contribution in [0.5, 0.6) is 0 Å². The maximum Gasteiger partial charge on any atom is 0.322 e. The summed E-state index contributed by atoms with van der Waals surface area (Å²) in [5.41, 5.74) is 1.73. The second kappa shape index (κ2) is 10.7. The van der Waals surface area contributed by atoms with Crippen LogP contribution < -0.4 is 5.32 Å². The zero-order valence-corrected chi connectivity index (χ0v) is 17.3. The first-order valence-corrected chi connectivity index (χ1v) is 10.2. The Morgan fingerprint density at radius 3 is 2.54 bits per heavy atom. The van der Waals surface area contributed by atoms with Crippen molar-refractivity contribution in [1.82, 2.24) is 9.80 Å². The van der Waals surface area contributed by atoms with Crippen LogP contribution in [0.2, 0.25) is 10.0 Å². The van der Waals surface area contributed by atoms with E-state index in [1.54, 1.807) is 24.3 Å². The largest absolute Gasteiger partial charge is 0.379 e. The molecular formula is C21H25Cl2N3O2. The van der Waals surface area contributed by atoms with Crippen molar-refractivity contribution in [2.75, 3.05) is 44.7 Å². The summed E-state index contributed by atoms with van der Waals surface area (Å²) in [6, 6.07) is 14.6. The van der Waals surface area contributed by atoms with E-state index < -0.39 is 0 Å². The Morgan fingerprint density at radius 1 is 1.07 bits per heavy atom. The van der Waals surface area contributed by atoms with E-state index in [-0.39, 0.29) is 6.03 Å². The van der Waals surface area contributed by atoms with Crippen LogP contribution in [0.15, 0.2) is 48.5 Å². The van der Waals surface area contributed by atoms with E-state index in [0.29, 0.717) is 23.1 Å². The van der Waals surface area contributed by atoms with Gasteiger partial charge in [-0.25, -0.2) is 4.79 Å². The maximum absolute atomic E-state index is 12.9. The zero-order chi connectivity index (χ0) is 19.8. The van der Waals surface area contributed by atoms with Gasteiger partial charge >= 0.3 is 6.03 Å². The van der Waals surface area contributed by atoms with Gasteiger partial charge in [0.2, 0.25) is 0 Å². The van der Waals surface area contributed by atoms with Crippen molar-refractivity contribution in [2.45, 2.75) is 13.0 Å². The van der Waals surface area contributed by atoms with Crippen LogP contribution in [-0.2, 0) is 11.3 Å². The summed E-state index contributed by atoms with van der Waals surface area (Å²) < 4.78 is 5.39. The molecule has 2 aromatic rings. The third kappa shape index (κ3) is 6.67. The molecule has 1 aliphatic heterocycles. The van der Waals surface area contributed by atoms with Crippen LogP contribution in [-0.4, -0.2) is 55.2 Å². The molecule has 1 aliphatic rings. The Balaban J connectivity index is 1.62. The molecule has 7 heteroatoms. The van der Waals surface area contributed by atoms with Crippen LogP contribution in [0.25, 0.3) is 0 Å². The Bertz CT molecular complexity index is 765. The van der Waals surface area contributed by atoms with E-state index in [9.17, 15) is 4.79 Å². The van der Waals surface area contributed by atoms with Gasteiger partial charge in [0.1, 0.15) is 0 Å². The second-order valence-electron chi connectivity index (χ2n) is 6.80. The predicted octanol–water partition coefficient (Wildman–Crippen LogP) is 4.75. The first-order chi connectivity index (χ1) is 13.6. The molecule has 150 valence electrons. The number of carbonyl (C=O) groups is 1. The molecule has 1 heterocycles. The summed E-state index contributed by atoms with van der Waals surface area (Å²) in [5.74, 6) is 0. The number of benzene rings is 2. The van der Waals surface area contributed by atoms with E-state index in [1.807, 2.05) is 29.2 Å². The lowest BCUT2D eigenvalue weighted by Gasteiger charge is -2.28. The van der Waals surface area contributed by atoms with Gasteiger partial charge in [-0.3, -0.25) is 4.90 Å². The van der Waals surface area contributed by atoms with Crippen molar-refractivity contribution in [3.8, 4) is 0 Å². The quantitative estimate of drug-likeness (QED) is 0.701. The number of hydrogen-bond acceptors (Lipinski definition) is 3. The number of nitrogens with zero attached hydrogens (tertiary/aromatic N) is 2. The average molecular weight is 422 g/mol. The molecule has 0 saturated carbocycles. The summed E-state index contributed by atoms with van der Waals surface area (Å²) in [5, 5.41) is 4.26. The fourth-order valence-electron chi connectivity index (χ4n) is 3.15. The molecule has 3 rings (SSSR count). The van der Waals surface area contributed by atoms with E-state index in [0.717, 1.165) is 50.5 Å². The standard InChI is InChI=1S/C21H25Cl2N3O2/c22-18-5-7-20(8-6-18)24-21(27)26(16-17-3-1-4-19(23)15-17)10-2-9-25-11-13-28-14-12-25/h1,3-8,15H,2,9-14,16H2,(H,24,27). The Labute approximate surface area is 176 Å². The summed E-state index contributed by atoms with van der Waals surface area (Å²) >= 11 is 12.0. The van der Waals surface area contributed by atoms with Gasteiger partial charge in [0.25, 0.3) is 0 Å². The number of anilines is 1. The third-order valence-electron chi connectivity index (χ3n) is 4.65. The van der Waals surface area contributed by atoms with Gasteiger partial charge in [-0.2, -0.15) is 0 Å². The number of hydrogen-bond donors (Lipinski definition) is 1. The molecule has 0 atom stereocenters. The summed E-state index contributed by atoms with van der Waals surface area (Å²) in [4.78, 5) is 17.1. The van der Waals surface area contributed by atoms with E-state index >= 15 is 0 Å². The highest BCUT2D eigenvalue weighted by molar-refractivity contribution is 6.30. The van der Waals surface area contributed by atoms with Gasteiger partial charge in [0.05, 0.1) is 13.2 Å². The predicted molar refractivity (Wildman–Crippen MR) is 114 cm³/mol. The number of amides is 2. The Morgan fingerprint density at radius 2 is 1.82 bits per heavy atom. The lowest BCUT2D eigenvalue weighted by Crippen LogP contribution is -2.40. The topological polar surface area (TPSA) is 44.8 Å². The number of ether oxygens (including phenoxy) is 1. The van der Waals surface area contributed by atoms with Crippen LogP contribution in [0.3, 0.4) is 0 Å². The lowest BCUT2D eigenvalue weighted by molar-refractivity contribution is 0.0365. The molecule has 0 aliphatic carbocycles. The number of morpholine rings is 1. The molecular weight excluding hydrogens is 397 g/mol. The van der Waals surface area contributed by atoms with E-state index in [2.05, 4.69) is 10.2 Å². The number of carbonyl (C=O) groups excluding carboxylic acids is 1. The molecule has 0 unspecified atom stereocenters. The fraction of sp³-hybridized carbons (Fsp3) is 0.381. The zero-order valence-electron chi connectivity index (χ0n) is 15.7. The maximum atomic E-state index is 12.9. The minimum absolute atomic E-state index is 0.135. The minimum Gasteiger partial charge on any atom is -0.379 e. The summed E-state index contributed by atoms with van der Waals surface area (Å²) in [6.45, 7) is 5.57. The van der Waals surface area contributed by atoms with Gasteiger partial charge in [-0.15, -0.1) is 0 Å². The highest BCUT2D eigenvalue weighted by Gasteiger charge is 2.16. The molecule has 2 amide bonds. The molecule has 2 aromatic carbocycles. The molecule has 5 nitrogen and oxygen atoms in total. The monoisotopic (exact) mass is 421 g/mol. The van der Waals surface area contributed by atoms with Crippen molar-refractivity contribution < 1.29 is 9.53 Å². The van der Waals surface area contributed by atoms with Gasteiger partial charge in [0.15, 0.2) is 0 Å². The fourth-order valence-corrected chi connectivity index (χ4v) is 3.49. The van der Waals surface area contributed by atoms with E-state index in [4.69, 9.17) is 27.9 Å². The van der Waals surface area contributed by atoms with Gasteiger partial charge in [-0.1, -0.05) is 35.3 Å². The van der Waals surface area contributed by atoms with Crippen molar-refractivity contribution in [2.24, 2.45) is 0 Å². The van der Waals surface area contributed by atoms with Gasteiger partial charge < -0.3 is 15.0 Å². The molecule has 0 aromatic heterocycles. The smallest absolute Gasteiger partial charge is 0.322 e. The van der Waals surface area contributed by atoms with Crippen molar-refractivity contribution >= 4 is 34.9 Å². The first-order valence-electron chi connectivity index (χ1n) is 9.46. The Kier molecular flexibility index (Phi) is 7.98. The highest BCUT2D eigenvalue weighted by atomic mass is 35.5. The van der Waals surface area contributed by atoms with Crippen molar-refractivity contribution in [3.63, 3.8) is 0 Å². The summed E-state index contributed by atoms with van der Waals surface area (Å²) in [7, 11) is 0. The number of nitrogens with one attached hydrogen (secondary N) is 1. The van der Waals surface area contributed by atoms with Crippen LogP contribution in [0, 0.1) is 0 Å². The summed E-state index contributed by atoms with van der Waals surface area (Å²) in [6.07, 6.45) is 0.897. The van der Waals surface area contributed by atoms with Crippen LogP contribution in [0.4, 0.5) is 10.5 Å². The third-order valence-corrected chi connectivity index (χ3v) is 5.14. The minimum atomic E-state index is -0.135. The van der Waals surface area contributed by atoms with Crippen LogP contribution in [0.1, 0.15) is 12.0 Å². The second-order valence-corrected chi connectivity index (χ2v) is 7.67. The lowest BCUT2D eigenvalue weighted by atomic mass is 10.2. The first kappa shape index (κ1) is 20.9. The number of rotatable bonds is 7. The SMILES string of the molecule is O=C(Nc1ccc(Cl)cc1)N(CCCN1CCOCC1)Cc1cccc(Cl)c1.